The van der Waals surface area contributed by atoms with Crippen LogP contribution >= 0.6 is 0 Å². The number of methoxy groups -OCH3 is 1. The van der Waals surface area contributed by atoms with Gasteiger partial charge in [0.2, 0.25) is 0 Å². The van der Waals surface area contributed by atoms with Gasteiger partial charge in [0.15, 0.2) is 0 Å². The van der Waals surface area contributed by atoms with Crippen LogP contribution in [0.2, 0.25) is 0 Å². The number of aromatic nitrogens is 2. The standard InChI is InChI=1S/C23H26N4O2/c1-29-20-11-9-18(10-12-20)22-21(23(28)25-19-8-5-13-24-14-19)16-27(26-22)15-17-6-3-2-4-7-17/h2-4,6-7,9-12,16,19,24H,5,8,13-15H2,1H3,(H,25,28)/t19-/m0/s1. The first kappa shape index (κ1) is 19.2. The number of nitrogens with zero attached hydrogens (tertiary/aromatic N) is 2. The van der Waals surface area contributed by atoms with Crippen molar-refractivity contribution in [1.82, 2.24) is 20.4 Å². The van der Waals surface area contributed by atoms with Crippen LogP contribution in [0.15, 0.2) is 60.8 Å². The SMILES string of the molecule is COc1ccc(-c2nn(Cc3ccccc3)cc2C(=O)N[C@H]2CCCNC2)cc1. The first-order chi connectivity index (χ1) is 14.2. The Labute approximate surface area is 170 Å². The fraction of sp³-hybridized carbons (Fsp3) is 0.304. The lowest BCUT2D eigenvalue weighted by Crippen LogP contribution is -2.45. The van der Waals surface area contributed by atoms with Crippen molar-refractivity contribution in [2.75, 3.05) is 20.2 Å². The van der Waals surface area contributed by atoms with Gasteiger partial charge in [-0.05, 0) is 49.2 Å². The third-order valence-electron chi connectivity index (χ3n) is 5.19. The molecule has 1 aromatic heterocycles. The van der Waals surface area contributed by atoms with Crippen molar-refractivity contribution in [3.63, 3.8) is 0 Å². The van der Waals surface area contributed by atoms with E-state index in [9.17, 15) is 4.79 Å². The largest absolute Gasteiger partial charge is 0.497 e. The molecule has 2 aromatic carbocycles. The number of piperidine rings is 1. The molecule has 2 heterocycles. The number of amides is 1. The predicted octanol–water partition coefficient (Wildman–Crippen LogP) is 3.09. The Morgan fingerprint density at radius 2 is 2.00 bits per heavy atom. The number of rotatable bonds is 6. The van der Waals surface area contributed by atoms with Crippen LogP contribution in [0, 0.1) is 0 Å². The van der Waals surface area contributed by atoms with Crippen LogP contribution in [0.1, 0.15) is 28.8 Å². The van der Waals surface area contributed by atoms with Gasteiger partial charge in [-0.2, -0.15) is 5.10 Å². The molecule has 3 aromatic rings. The average Bonchev–Trinajstić information content (AvgIpc) is 3.19. The van der Waals surface area contributed by atoms with E-state index < -0.39 is 0 Å². The Kier molecular flexibility index (Phi) is 5.91. The van der Waals surface area contributed by atoms with E-state index in [0.29, 0.717) is 17.8 Å². The predicted molar refractivity (Wildman–Crippen MR) is 113 cm³/mol. The maximum absolute atomic E-state index is 13.1. The van der Waals surface area contributed by atoms with Crippen molar-refractivity contribution in [2.24, 2.45) is 0 Å². The smallest absolute Gasteiger partial charge is 0.255 e. The van der Waals surface area contributed by atoms with Crippen LogP contribution < -0.4 is 15.4 Å². The monoisotopic (exact) mass is 390 g/mol. The molecule has 1 atom stereocenters. The third kappa shape index (κ3) is 4.66. The summed E-state index contributed by atoms with van der Waals surface area (Å²) in [4.78, 5) is 13.1. The molecule has 1 saturated heterocycles. The fourth-order valence-electron chi connectivity index (χ4n) is 3.64. The maximum atomic E-state index is 13.1. The zero-order chi connectivity index (χ0) is 20.1. The van der Waals surface area contributed by atoms with Crippen LogP contribution in [0.3, 0.4) is 0 Å². The summed E-state index contributed by atoms with van der Waals surface area (Å²) >= 11 is 0. The number of hydrogen-bond donors (Lipinski definition) is 2. The van der Waals surface area contributed by atoms with Crippen molar-refractivity contribution in [3.8, 4) is 17.0 Å². The van der Waals surface area contributed by atoms with Crippen molar-refractivity contribution >= 4 is 5.91 Å². The highest BCUT2D eigenvalue weighted by atomic mass is 16.5. The van der Waals surface area contributed by atoms with Crippen LogP contribution in [0.4, 0.5) is 0 Å². The van der Waals surface area contributed by atoms with E-state index in [1.165, 1.54) is 0 Å². The molecule has 2 N–H and O–H groups in total. The van der Waals surface area contributed by atoms with Crippen molar-refractivity contribution in [1.29, 1.82) is 0 Å². The molecule has 1 amide bonds. The zero-order valence-electron chi connectivity index (χ0n) is 16.6. The fourth-order valence-corrected chi connectivity index (χ4v) is 3.64. The molecule has 1 aliphatic rings. The van der Waals surface area contributed by atoms with E-state index in [0.717, 1.165) is 42.8 Å². The van der Waals surface area contributed by atoms with Gasteiger partial charge in [-0.25, -0.2) is 0 Å². The first-order valence-corrected chi connectivity index (χ1v) is 10.0. The average molecular weight is 390 g/mol. The van der Waals surface area contributed by atoms with Gasteiger partial charge >= 0.3 is 0 Å². The highest BCUT2D eigenvalue weighted by Crippen LogP contribution is 2.25. The second-order valence-corrected chi connectivity index (χ2v) is 7.32. The normalized spacial score (nSPS) is 16.4. The van der Waals surface area contributed by atoms with Crippen molar-refractivity contribution in [2.45, 2.75) is 25.4 Å². The minimum atomic E-state index is -0.0798. The summed E-state index contributed by atoms with van der Waals surface area (Å²) in [5, 5.41) is 11.2. The number of hydrogen-bond acceptors (Lipinski definition) is 4. The number of carbonyl (C=O) groups excluding carboxylic acids is 1. The Morgan fingerprint density at radius 1 is 1.21 bits per heavy atom. The van der Waals surface area contributed by atoms with Gasteiger partial charge in [-0.1, -0.05) is 30.3 Å². The van der Waals surface area contributed by atoms with Crippen molar-refractivity contribution in [3.05, 3.63) is 71.9 Å². The van der Waals surface area contributed by atoms with Gasteiger partial charge in [-0.3, -0.25) is 9.48 Å². The topological polar surface area (TPSA) is 68.2 Å². The number of nitrogens with one attached hydrogen (secondary N) is 2. The van der Waals surface area contributed by atoms with Gasteiger partial charge in [-0.15, -0.1) is 0 Å². The summed E-state index contributed by atoms with van der Waals surface area (Å²) in [7, 11) is 1.64. The summed E-state index contributed by atoms with van der Waals surface area (Å²) in [5.41, 5.74) is 3.31. The second-order valence-electron chi connectivity index (χ2n) is 7.32. The molecule has 0 unspecified atom stereocenters. The Balaban J connectivity index is 1.63. The molecule has 1 aliphatic heterocycles. The van der Waals surface area contributed by atoms with Crippen molar-refractivity contribution < 1.29 is 9.53 Å². The third-order valence-corrected chi connectivity index (χ3v) is 5.19. The quantitative estimate of drug-likeness (QED) is 0.679. The van der Waals surface area contributed by atoms with Crippen LogP contribution in [-0.4, -0.2) is 41.9 Å². The summed E-state index contributed by atoms with van der Waals surface area (Å²) < 4.78 is 7.09. The Morgan fingerprint density at radius 3 is 2.69 bits per heavy atom. The molecule has 0 spiro atoms. The van der Waals surface area contributed by atoms with E-state index in [2.05, 4.69) is 22.8 Å². The summed E-state index contributed by atoms with van der Waals surface area (Å²) in [6.07, 6.45) is 3.91. The highest BCUT2D eigenvalue weighted by molar-refractivity contribution is 6.00. The minimum absolute atomic E-state index is 0.0798. The molecule has 29 heavy (non-hydrogen) atoms. The lowest BCUT2D eigenvalue weighted by Gasteiger charge is -2.23. The van der Waals surface area contributed by atoms with Gasteiger partial charge in [0.25, 0.3) is 5.91 Å². The molecule has 6 nitrogen and oxygen atoms in total. The van der Waals surface area contributed by atoms with E-state index in [1.54, 1.807) is 7.11 Å². The molecular formula is C23H26N4O2. The summed E-state index contributed by atoms with van der Waals surface area (Å²) in [5.74, 6) is 0.695. The van der Waals surface area contributed by atoms with Gasteiger partial charge < -0.3 is 15.4 Å². The summed E-state index contributed by atoms with van der Waals surface area (Å²) in [6.45, 7) is 2.43. The second kappa shape index (κ2) is 8.92. The number of ether oxygens (including phenoxy) is 1. The van der Waals surface area contributed by atoms with Crippen LogP contribution in [0.25, 0.3) is 11.3 Å². The molecule has 6 heteroatoms. The lowest BCUT2D eigenvalue weighted by atomic mass is 10.1. The Hall–Kier alpha value is -3.12. The van der Waals surface area contributed by atoms with Crippen LogP contribution in [-0.2, 0) is 6.54 Å². The lowest BCUT2D eigenvalue weighted by molar-refractivity contribution is 0.0931. The summed E-state index contributed by atoms with van der Waals surface area (Å²) in [6, 6.07) is 17.9. The zero-order valence-corrected chi connectivity index (χ0v) is 16.6. The van der Waals surface area contributed by atoms with Gasteiger partial charge in [0.05, 0.1) is 19.2 Å². The molecule has 0 aliphatic carbocycles. The highest BCUT2D eigenvalue weighted by Gasteiger charge is 2.22. The minimum Gasteiger partial charge on any atom is -0.497 e. The molecule has 1 fully saturated rings. The molecule has 0 saturated carbocycles. The molecule has 0 bridgehead atoms. The van der Waals surface area contributed by atoms with Gasteiger partial charge in [0.1, 0.15) is 11.4 Å². The molecular weight excluding hydrogens is 364 g/mol. The molecule has 150 valence electrons. The molecule has 0 radical (unpaired) electrons. The van der Waals surface area contributed by atoms with E-state index >= 15 is 0 Å². The van der Waals surface area contributed by atoms with Gasteiger partial charge in [0, 0.05) is 24.3 Å². The first-order valence-electron chi connectivity index (χ1n) is 10.0. The maximum Gasteiger partial charge on any atom is 0.255 e. The molecule has 4 rings (SSSR count). The van der Waals surface area contributed by atoms with Crippen LogP contribution in [0.5, 0.6) is 5.75 Å². The number of carbonyl (C=O) groups is 1. The van der Waals surface area contributed by atoms with E-state index in [-0.39, 0.29) is 11.9 Å². The Bertz CT molecular complexity index is 945. The van der Waals surface area contributed by atoms with E-state index in [4.69, 9.17) is 9.84 Å². The number of benzene rings is 2. The van der Waals surface area contributed by atoms with E-state index in [1.807, 2.05) is 53.3 Å².